The smallest absolute Gasteiger partial charge is 0.216 e. The minimum Gasteiger partial charge on any atom is -0.373 e. The van der Waals surface area contributed by atoms with Crippen molar-refractivity contribution < 1.29 is 13.9 Å². The molecule has 3 nitrogen and oxygen atoms in total. The summed E-state index contributed by atoms with van der Waals surface area (Å²) in [6.07, 6.45) is -0.462. The Morgan fingerprint density at radius 2 is 2.45 bits per heavy atom. The van der Waals surface area contributed by atoms with Gasteiger partial charge in [-0.15, -0.1) is 0 Å². The topological polar surface area (TPSA) is 38.3 Å². The van der Waals surface area contributed by atoms with E-state index < -0.39 is 6.17 Å². The maximum Gasteiger partial charge on any atom is 0.216 e. The van der Waals surface area contributed by atoms with Crippen molar-refractivity contribution in [3.8, 4) is 0 Å². The Morgan fingerprint density at radius 3 is 2.91 bits per heavy atom. The molecule has 0 saturated heterocycles. The van der Waals surface area contributed by atoms with Crippen molar-refractivity contribution >= 4 is 5.91 Å². The van der Waals surface area contributed by atoms with E-state index in [4.69, 9.17) is 4.74 Å². The molecular formula is C7H12FNO2. The Bertz CT molecular complexity index is 151. The van der Waals surface area contributed by atoms with Crippen LogP contribution >= 0.6 is 0 Å². The molecule has 1 aliphatic carbocycles. The Kier molecular flexibility index (Phi) is 2.82. The maximum absolute atomic E-state index is 12.1. The van der Waals surface area contributed by atoms with Crippen LogP contribution in [0.5, 0.6) is 0 Å². The van der Waals surface area contributed by atoms with Crippen molar-refractivity contribution in [1.82, 2.24) is 5.32 Å². The summed E-state index contributed by atoms with van der Waals surface area (Å²) in [5.41, 5.74) is 0. The highest BCUT2D eigenvalue weighted by Gasteiger charge is 2.38. The lowest BCUT2D eigenvalue weighted by Crippen LogP contribution is -2.24. The molecule has 1 fully saturated rings. The molecule has 4 heteroatoms. The molecule has 0 spiro atoms. The number of rotatable bonds is 4. The Morgan fingerprint density at radius 1 is 1.82 bits per heavy atom. The zero-order valence-corrected chi connectivity index (χ0v) is 6.47. The highest BCUT2D eigenvalue weighted by atomic mass is 19.1. The normalized spacial score (nSPS) is 28.2. The zero-order valence-electron chi connectivity index (χ0n) is 6.47. The van der Waals surface area contributed by atoms with Crippen LogP contribution in [0.25, 0.3) is 0 Å². The molecule has 0 aromatic rings. The summed E-state index contributed by atoms with van der Waals surface area (Å²) in [7, 11) is 0. The highest BCUT2D eigenvalue weighted by Crippen LogP contribution is 2.28. The van der Waals surface area contributed by atoms with Crippen molar-refractivity contribution in [3.63, 3.8) is 0 Å². The molecule has 0 radical (unpaired) electrons. The van der Waals surface area contributed by atoms with Gasteiger partial charge in [0.1, 0.15) is 6.17 Å². The van der Waals surface area contributed by atoms with Gasteiger partial charge in [-0.05, 0) is 0 Å². The van der Waals surface area contributed by atoms with Crippen LogP contribution in [-0.2, 0) is 9.53 Å². The fourth-order valence-corrected chi connectivity index (χ4v) is 0.753. The van der Waals surface area contributed by atoms with E-state index in [1.54, 1.807) is 0 Å². The van der Waals surface area contributed by atoms with Crippen molar-refractivity contribution in [3.05, 3.63) is 0 Å². The lowest BCUT2D eigenvalue weighted by Gasteiger charge is -2.01. The Hall–Kier alpha value is -0.640. The first-order valence-corrected chi connectivity index (χ1v) is 3.70. The predicted octanol–water partition coefficient (Wildman–Crippen LogP) is 0.250. The number of ether oxygens (including phenoxy) is 1. The molecule has 0 heterocycles. The minimum atomic E-state index is -0.771. The van der Waals surface area contributed by atoms with Crippen LogP contribution in [-0.4, -0.2) is 31.3 Å². The third kappa shape index (κ3) is 3.32. The van der Waals surface area contributed by atoms with Gasteiger partial charge < -0.3 is 10.1 Å². The van der Waals surface area contributed by atoms with E-state index in [2.05, 4.69) is 5.32 Å². The molecular weight excluding hydrogens is 149 g/mol. The van der Waals surface area contributed by atoms with Crippen LogP contribution in [0, 0.1) is 0 Å². The highest BCUT2D eigenvalue weighted by molar-refractivity contribution is 5.72. The van der Waals surface area contributed by atoms with E-state index in [1.165, 1.54) is 6.92 Å². The number of halogens is 1. The van der Waals surface area contributed by atoms with Gasteiger partial charge >= 0.3 is 0 Å². The van der Waals surface area contributed by atoms with E-state index in [0.29, 0.717) is 19.6 Å². The lowest BCUT2D eigenvalue weighted by atomic mass is 10.6. The van der Waals surface area contributed by atoms with Gasteiger partial charge in [0.05, 0.1) is 12.7 Å². The summed E-state index contributed by atoms with van der Waals surface area (Å²) < 4.78 is 17.2. The second kappa shape index (κ2) is 3.67. The maximum atomic E-state index is 12.1. The largest absolute Gasteiger partial charge is 0.373 e. The SMILES string of the molecule is CC(=O)NCCOC1CC1F. The van der Waals surface area contributed by atoms with Gasteiger partial charge in [-0.3, -0.25) is 4.79 Å². The van der Waals surface area contributed by atoms with Crippen LogP contribution in [0.3, 0.4) is 0 Å². The molecule has 2 unspecified atom stereocenters. The Balaban J connectivity index is 1.85. The molecule has 0 aliphatic heterocycles. The van der Waals surface area contributed by atoms with Crippen molar-refractivity contribution in [2.75, 3.05) is 13.2 Å². The first-order valence-electron chi connectivity index (χ1n) is 3.70. The number of carbonyl (C=O) groups is 1. The Labute approximate surface area is 64.9 Å². The summed E-state index contributed by atoms with van der Waals surface area (Å²) in [6.45, 7) is 2.32. The molecule has 0 aromatic heterocycles. The third-order valence-electron chi connectivity index (χ3n) is 1.47. The molecule has 1 saturated carbocycles. The van der Waals surface area contributed by atoms with E-state index in [1.807, 2.05) is 0 Å². The molecule has 64 valence electrons. The summed E-state index contributed by atoms with van der Waals surface area (Å²) in [4.78, 5) is 10.3. The standard InChI is InChI=1S/C7H12FNO2/c1-5(10)9-2-3-11-7-4-6(7)8/h6-7H,2-4H2,1H3,(H,9,10). The average molecular weight is 161 g/mol. The van der Waals surface area contributed by atoms with Gasteiger partial charge in [-0.2, -0.15) is 0 Å². The van der Waals surface area contributed by atoms with Gasteiger partial charge in [0.2, 0.25) is 5.91 Å². The fraction of sp³-hybridized carbons (Fsp3) is 0.857. The molecule has 1 aliphatic rings. The second-order valence-electron chi connectivity index (χ2n) is 2.64. The van der Waals surface area contributed by atoms with E-state index in [-0.39, 0.29) is 12.0 Å². The van der Waals surface area contributed by atoms with Crippen LogP contribution in [0.15, 0.2) is 0 Å². The number of alkyl halides is 1. The molecule has 1 rings (SSSR count). The molecule has 2 atom stereocenters. The molecule has 11 heavy (non-hydrogen) atoms. The number of nitrogens with one attached hydrogen (secondary N) is 1. The quantitative estimate of drug-likeness (QED) is 0.600. The number of hydrogen-bond donors (Lipinski definition) is 1. The average Bonchev–Trinajstić information content (AvgIpc) is 2.59. The van der Waals surface area contributed by atoms with Crippen molar-refractivity contribution in [1.29, 1.82) is 0 Å². The van der Waals surface area contributed by atoms with E-state index in [9.17, 15) is 9.18 Å². The predicted molar refractivity (Wildman–Crippen MR) is 37.9 cm³/mol. The summed E-state index contributed by atoms with van der Waals surface area (Å²) in [5.74, 6) is -0.0822. The van der Waals surface area contributed by atoms with Gasteiger partial charge in [0.15, 0.2) is 0 Å². The van der Waals surface area contributed by atoms with E-state index >= 15 is 0 Å². The molecule has 0 bridgehead atoms. The fourth-order valence-electron chi connectivity index (χ4n) is 0.753. The summed E-state index contributed by atoms with van der Waals surface area (Å²) >= 11 is 0. The van der Waals surface area contributed by atoms with Crippen LogP contribution < -0.4 is 5.32 Å². The van der Waals surface area contributed by atoms with Gasteiger partial charge in [0, 0.05) is 19.9 Å². The molecule has 1 N–H and O–H groups in total. The van der Waals surface area contributed by atoms with Crippen molar-refractivity contribution in [2.45, 2.75) is 25.6 Å². The first-order chi connectivity index (χ1) is 5.20. The second-order valence-corrected chi connectivity index (χ2v) is 2.64. The van der Waals surface area contributed by atoms with Crippen LogP contribution in [0.1, 0.15) is 13.3 Å². The monoisotopic (exact) mass is 161 g/mol. The van der Waals surface area contributed by atoms with Crippen LogP contribution in [0.2, 0.25) is 0 Å². The van der Waals surface area contributed by atoms with E-state index in [0.717, 1.165) is 0 Å². The third-order valence-corrected chi connectivity index (χ3v) is 1.47. The summed E-state index contributed by atoms with van der Waals surface area (Å²) in [6, 6.07) is 0. The van der Waals surface area contributed by atoms with Gasteiger partial charge in [0.25, 0.3) is 0 Å². The molecule has 1 amide bonds. The van der Waals surface area contributed by atoms with Gasteiger partial charge in [-0.1, -0.05) is 0 Å². The first kappa shape index (κ1) is 8.46. The van der Waals surface area contributed by atoms with Crippen LogP contribution in [0.4, 0.5) is 4.39 Å². The minimum absolute atomic E-state index is 0.0822. The summed E-state index contributed by atoms with van der Waals surface area (Å²) in [5, 5.41) is 2.56. The number of hydrogen-bond acceptors (Lipinski definition) is 2. The molecule has 0 aromatic carbocycles. The lowest BCUT2D eigenvalue weighted by molar-refractivity contribution is -0.119. The van der Waals surface area contributed by atoms with Gasteiger partial charge in [-0.25, -0.2) is 4.39 Å². The number of amides is 1. The zero-order chi connectivity index (χ0) is 8.27. The van der Waals surface area contributed by atoms with Crippen molar-refractivity contribution in [2.24, 2.45) is 0 Å². The number of carbonyl (C=O) groups excluding carboxylic acids is 1.